The molecule has 190 valence electrons. The molecule has 0 saturated carbocycles. The maximum absolute atomic E-state index is 11.5. The summed E-state index contributed by atoms with van der Waals surface area (Å²) in [5.41, 5.74) is 2.12. The van der Waals surface area contributed by atoms with Gasteiger partial charge in [-0.05, 0) is 38.1 Å². The Balaban J connectivity index is 0.000000575. The number of nitrogens with one attached hydrogen (secondary N) is 3. The Labute approximate surface area is 207 Å². The number of anilines is 1. The molecule has 0 aliphatic carbocycles. The summed E-state index contributed by atoms with van der Waals surface area (Å²) in [6.07, 6.45) is 2.92. The van der Waals surface area contributed by atoms with Crippen LogP contribution in [0.2, 0.25) is 0 Å². The molecule has 1 aromatic carbocycles. The van der Waals surface area contributed by atoms with Crippen LogP contribution in [0.15, 0.2) is 24.3 Å². The monoisotopic (exact) mass is 494 g/mol. The molecular formula is C24H38N4O5S. The molecule has 1 aliphatic rings. The molecule has 2 unspecified atom stereocenters. The van der Waals surface area contributed by atoms with Crippen molar-refractivity contribution >= 4 is 48.2 Å². The number of aryl methyl sites for hydroxylation is 1. The lowest BCUT2D eigenvalue weighted by Gasteiger charge is -2.13. The number of imide groups is 1. The summed E-state index contributed by atoms with van der Waals surface area (Å²) in [5, 5.41) is 7.47. The van der Waals surface area contributed by atoms with Crippen molar-refractivity contribution in [1.29, 1.82) is 0 Å². The number of hydrogen-bond donors (Lipinski definition) is 4. The number of carbonyl (C=O) groups is 5. The molecule has 1 aromatic rings. The summed E-state index contributed by atoms with van der Waals surface area (Å²) in [6, 6.07) is 7.74. The molecule has 0 spiro atoms. The lowest BCUT2D eigenvalue weighted by Crippen LogP contribution is -2.35. The van der Waals surface area contributed by atoms with E-state index in [1.54, 1.807) is 7.05 Å². The number of hydrogen-bond acceptors (Lipinski definition) is 7. The first-order valence-corrected chi connectivity index (χ1v) is 12.0. The minimum atomic E-state index is -0.592. The largest absolute Gasteiger partial charge is 0.349 e. The fourth-order valence-electron chi connectivity index (χ4n) is 2.56. The summed E-state index contributed by atoms with van der Waals surface area (Å²) in [7, 11) is 1.77. The summed E-state index contributed by atoms with van der Waals surface area (Å²) >= 11 is 3.95. The maximum atomic E-state index is 11.5. The van der Waals surface area contributed by atoms with Crippen LogP contribution in [-0.2, 0) is 30.4 Å². The molecular weight excluding hydrogens is 456 g/mol. The number of benzene rings is 1. The van der Waals surface area contributed by atoms with E-state index in [9.17, 15) is 24.0 Å². The van der Waals surface area contributed by atoms with Crippen molar-refractivity contribution in [3.8, 4) is 0 Å². The molecule has 4 amide bonds. The first-order chi connectivity index (χ1) is 16.1. The fourth-order valence-corrected chi connectivity index (χ4v) is 2.86. The summed E-state index contributed by atoms with van der Waals surface area (Å²) < 4.78 is 0. The second-order valence-electron chi connectivity index (χ2n) is 7.58. The summed E-state index contributed by atoms with van der Waals surface area (Å²) in [4.78, 5) is 56.3. The fraction of sp³-hybridized carbons (Fsp3) is 0.542. The third-order valence-electron chi connectivity index (χ3n) is 4.62. The zero-order chi connectivity index (χ0) is 26.1. The van der Waals surface area contributed by atoms with Gasteiger partial charge in [-0.2, -0.15) is 12.6 Å². The molecule has 0 radical (unpaired) electrons. The van der Waals surface area contributed by atoms with Gasteiger partial charge in [-0.3, -0.25) is 24.1 Å². The van der Waals surface area contributed by atoms with E-state index in [1.807, 2.05) is 31.2 Å². The lowest BCUT2D eigenvalue weighted by molar-refractivity contribution is -0.138. The lowest BCUT2D eigenvalue weighted by atomic mass is 10.1. The van der Waals surface area contributed by atoms with E-state index in [4.69, 9.17) is 0 Å². The first-order valence-electron chi connectivity index (χ1n) is 11.4. The van der Waals surface area contributed by atoms with E-state index in [2.05, 4.69) is 49.4 Å². The van der Waals surface area contributed by atoms with Crippen LogP contribution in [0.25, 0.3) is 0 Å². The van der Waals surface area contributed by atoms with E-state index in [0.717, 1.165) is 17.0 Å². The Morgan fingerprint density at radius 2 is 1.76 bits per heavy atom. The Hall–Kier alpha value is -2.72. The number of thiol groups is 1. The van der Waals surface area contributed by atoms with Crippen molar-refractivity contribution in [1.82, 2.24) is 15.5 Å². The zero-order valence-corrected chi connectivity index (χ0v) is 21.6. The topological polar surface area (TPSA) is 125 Å². The number of likely N-dealkylation sites (tertiary alicyclic amines) is 1. The van der Waals surface area contributed by atoms with Gasteiger partial charge < -0.3 is 20.7 Å². The van der Waals surface area contributed by atoms with Crippen molar-refractivity contribution in [2.24, 2.45) is 0 Å². The van der Waals surface area contributed by atoms with E-state index < -0.39 is 5.25 Å². The van der Waals surface area contributed by atoms with E-state index in [-0.39, 0.29) is 55.6 Å². The number of aldehydes is 1. The molecule has 2 atom stereocenters. The van der Waals surface area contributed by atoms with Gasteiger partial charge in [0.2, 0.25) is 23.6 Å². The Bertz CT molecular complexity index is 801. The third-order valence-corrected chi connectivity index (χ3v) is 5.02. The maximum Gasteiger partial charge on any atom is 0.242 e. The number of rotatable bonds is 9. The van der Waals surface area contributed by atoms with E-state index in [1.165, 1.54) is 12.0 Å². The van der Waals surface area contributed by atoms with E-state index >= 15 is 0 Å². The third kappa shape index (κ3) is 11.9. The van der Waals surface area contributed by atoms with Gasteiger partial charge in [0.1, 0.15) is 6.29 Å². The predicted molar refractivity (Wildman–Crippen MR) is 137 cm³/mol. The Morgan fingerprint density at radius 1 is 1.18 bits per heavy atom. The van der Waals surface area contributed by atoms with Gasteiger partial charge in [-0.1, -0.05) is 39.3 Å². The van der Waals surface area contributed by atoms with Crippen LogP contribution in [0.5, 0.6) is 0 Å². The highest BCUT2D eigenvalue weighted by Gasteiger charge is 2.36. The number of likely N-dealkylation sites (N-methyl/N-ethyl adjacent to an activating group) is 1. The molecule has 2 rings (SSSR count). The van der Waals surface area contributed by atoms with Crippen molar-refractivity contribution in [3.63, 3.8) is 0 Å². The van der Waals surface area contributed by atoms with Gasteiger partial charge in [0, 0.05) is 25.1 Å². The molecule has 0 aromatic heterocycles. The van der Waals surface area contributed by atoms with Crippen LogP contribution in [-0.4, -0.2) is 66.2 Å². The first kappa shape index (κ1) is 31.3. The zero-order valence-electron chi connectivity index (χ0n) is 20.7. The van der Waals surface area contributed by atoms with Crippen LogP contribution >= 0.6 is 12.6 Å². The molecule has 1 aliphatic heterocycles. The SMILES string of the molecule is CCC.CCc1ccc(NC(=O)C(C)NC)cc1.O=CCNC(=O)CCN1C(=O)CC(S)C1=O. The molecule has 10 heteroatoms. The minimum absolute atomic E-state index is 0.00577. The highest BCUT2D eigenvalue weighted by atomic mass is 32.1. The molecule has 34 heavy (non-hydrogen) atoms. The average molecular weight is 495 g/mol. The van der Waals surface area contributed by atoms with Gasteiger partial charge >= 0.3 is 0 Å². The highest BCUT2D eigenvalue weighted by Crippen LogP contribution is 2.17. The van der Waals surface area contributed by atoms with Gasteiger partial charge in [0.15, 0.2) is 0 Å². The Kier molecular flexibility index (Phi) is 16.3. The van der Waals surface area contributed by atoms with Gasteiger partial charge in [0.25, 0.3) is 0 Å². The molecule has 1 saturated heterocycles. The van der Waals surface area contributed by atoms with Gasteiger partial charge in [-0.25, -0.2) is 0 Å². The molecule has 9 nitrogen and oxygen atoms in total. The summed E-state index contributed by atoms with van der Waals surface area (Å²) in [6.45, 7) is 8.17. The van der Waals surface area contributed by atoms with Crippen LogP contribution < -0.4 is 16.0 Å². The quantitative estimate of drug-likeness (QED) is 0.236. The van der Waals surface area contributed by atoms with Gasteiger partial charge in [-0.15, -0.1) is 0 Å². The molecule has 0 bridgehead atoms. The molecule has 3 N–H and O–H groups in total. The predicted octanol–water partition coefficient (Wildman–Crippen LogP) is 1.96. The van der Waals surface area contributed by atoms with Crippen molar-refractivity contribution < 1.29 is 24.0 Å². The minimum Gasteiger partial charge on any atom is -0.349 e. The highest BCUT2D eigenvalue weighted by molar-refractivity contribution is 7.81. The van der Waals surface area contributed by atoms with Crippen molar-refractivity contribution in [3.05, 3.63) is 29.8 Å². The Morgan fingerprint density at radius 3 is 2.21 bits per heavy atom. The van der Waals surface area contributed by atoms with Crippen LogP contribution in [0.1, 0.15) is 52.5 Å². The van der Waals surface area contributed by atoms with E-state index in [0.29, 0.717) is 6.29 Å². The second kappa shape index (κ2) is 17.7. The normalized spacial score (nSPS) is 15.4. The van der Waals surface area contributed by atoms with Crippen molar-refractivity contribution in [2.75, 3.05) is 25.5 Å². The number of carbonyl (C=O) groups excluding carboxylic acids is 5. The average Bonchev–Trinajstić information content (AvgIpc) is 3.07. The standard InChI is InChI=1S/C12H18N2O.C9H12N2O4S.C3H8/c1-4-10-5-7-11(8-6-10)14-12(15)9(2)13-3;12-4-2-10-7(13)1-3-11-8(14)5-6(16)9(11)15;1-3-2/h5-9,13H,4H2,1-3H3,(H,14,15);4,6,16H,1-3,5H2,(H,10,13);3H2,1-2H3. The van der Waals surface area contributed by atoms with Crippen LogP contribution in [0.3, 0.4) is 0 Å². The van der Waals surface area contributed by atoms with Crippen LogP contribution in [0.4, 0.5) is 5.69 Å². The smallest absolute Gasteiger partial charge is 0.242 e. The van der Waals surface area contributed by atoms with Crippen molar-refractivity contribution in [2.45, 2.75) is 64.7 Å². The van der Waals surface area contributed by atoms with Gasteiger partial charge in [0.05, 0.1) is 17.8 Å². The van der Waals surface area contributed by atoms with Crippen LogP contribution in [0, 0.1) is 0 Å². The second-order valence-corrected chi connectivity index (χ2v) is 8.20. The molecule has 1 fully saturated rings. The number of nitrogens with zero attached hydrogens (tertiary/aromatic N) is 1. The number of amides is 4. The molecule has 1 heterocycles. The summed E-state index contributed by atoms with van der Waals surface area (Å²) in [5.74, 6) is -1.05.